The maximum absolute atomic E-state index is 13.8. The highest BCUT2D eigenvalue weighted by atomic mass is 32.1. The van der Waals surface area contributed by atoms with Gasteiger partial charge in [0.1, 0.15) is 17.7 Å². The Morgan fingerprint density at radius 3 is 2.88 bits per heavy atom. The van der Waals surface area contributed by atoms with Crippen LogP contribution in [-0.4, -0.2) is 36.3 Å². The van der Waals surface area contributed by atoms with Gasteiger partial charge in [-0.1, -0.05) is 6.07 Å². The van der Waals surface area contributed by atoms with Crippen molar-refractivity contribution in [2.75, 3.05) is 18.5 Å². The van der Waals surface area contributed by atoms with Crippen LogP contribution in [0, 0.1) is 11.6 Å². The average molecular weight is 382 g/mol. The molecule has 0 aliphatic carbocycles. The lowest BCUT2D eigenvalue weighted by molar-refractivity contribution is -0.130. The Bertz CT molecular complexity index is 742. The fraction of sp³-hybridized carbons (Fsp3) is 0.444. The second-order valence-electron chi connectivity index (χ2n) is 6.09. The number of nitrogens with one attached hydrogen (secondary N) is 1. The van der Waals surface area contributed by atoms with Gasteiger partial charge in [0.15, 0.2) is 5.13 Å². The number of ether oxygens (including phenoxy) is 2. The van der Waals surface area contributed by atoms with Crippen molar-refractivity contribution in [1.29, 1.82) is 0 Å². The SMILES string of the molecule is CC(OCC1CCCCO1)C(=O)Nc1nc(-c2c(F)cccc2F)cs1. The summed E-state index contributed by atoms with van der Waals surface area (Å²) in [5.41, 5.74) is -0.0620. The van der Waals surface area contributed by atoms with Crippen molar-refractivity contribution in [2.24, 2.45) is 0 Å². The van der Waals surface area contributed by atoms with Crippen molar-refractivity contribution in [1.82, 2.24) is 4.98 Å². The smallest absolute Gasteiger partial charge is 0.254 e. The molecule has 1 N–H and O–H groups in total. The zero-order chi connectivity index (χ0) is 18.5. The van der Waals surface area contributed by atoms with Crippen molar-refractivity contribution in [3.05, 3.63) is 35.2 Å². The van der Waals surface area contributed by atoms with Crippen LogP contribution in [0.1, 0.15) is 26.2 Å². The number of anilines is 1. The van der Waals surface area contributed by atoms with Crippen LogP contribution in [0.4, 0.5) is 13.9 Å². The van der Waals surface area contributed by atoms with Gasteiger partial charge in [-0.3, -0.25) is 10.1 Å². The van der Waals surface area contributed by atoms with E-state index in [1.54, 1.807) is 6.92 Å². The number of nitrogens with zero attached hydrogens (tertiary/aromatic N) is 1. The van der Waals surface area contributed by atoms with Crippen LogP contribution in [0.25, 0.3) is 11.3 Å². The summed E-state index contributed by atoms with van der Waals surface area (Å²) in [6, 6.07) is 3.62. The van der Waals surface area contributed by atoms with Crippen LogP contribution in [-0.2, 0) is 14.3 Å². The maximum Gasteiger partial charge on any atom is 0.254 e. The molecule has 1 aliphatic heterocycles. The second-order valence-corrected chi connectivity index (χ2v) is 6.95. The molecule has 0 spiro atoms. The van der Waals surface area contributed by atoms with Crippen molar-refractivity contribution >= 4 is 22.4 Å². The summed E-state index contributed by atoms with van der Waals surface area (Å²) in [4.78, 5) is 16.3. The van der Waals surface area contributed by atoms with Gasteiger partial charge in [-0.25, -0.2) is 13.8 Å². The Balaban J connectivity index is 1.57. The molecule has 2 atom stereocenters. The molecule has 2 heterocycles. The Morgan fingerprint density at radius 1 is 1.42 bits per heavy atom. The molecule has 1 aromatic heterocycles. The lowest BCUT2D eigenvalue weighted by Gasteiger charge is -2.23. The van der Waals surface area contributed by atoms with E-state index < -0.39 is 17.7 Å². The predicted molar refractivity (Wildman–Crippen MR) is 95.1 cm³/mol. The first-order valence-corrected chi connectivity index (χ1v) is 9.36. The van der Waals surface area contributed by atoms with E-state index >= 15 is 0 Å². The quantitative estimate of drug-likeness (QED) is 0.820. The molecule has 1 amide bonds. The topological polar surface area (TPSA) is 60.5 Å². The van der Waals surface area contributed by atoms with Gasteiger partial charge in [-0.2, -0.15) is 0 Å². The first-order valence-electron chi connectivity index (χ1n) is 8.48. The molecule has 2 aromatic rings. The zero-order valence-corrected chi connectivity index (χ0v) is 15.2. The summed E-state index contributed by atoms with van der Waals surface area (Å²) in [5.74, 6) is -1.76. The molecular weight excluding hydrogens is 362 g/mol. The third kappa shape index (κ3) is 4.63. The minimum Gasteiger partial charge on any atom is -0.376 e. The summed E-state index contributed by atoms with van der Waals surface area (Å²) in [6.45, 7) is 2.73. The predicted octanol–water partition coefficient (Wildman–Crippen LogP) is 4.00. The molecule has 140 valence electrons. The summed E-state index contributed by atoms with van der Waals surface area (Å²) in [5, 5.41) is 4.38. The van der Waals surface area contributed by atoms with E-state index in [0.717, 1.165) is 37.2 Å². The number of benzene rings is 1. The van der Waals surface area contributed by atoms with E-state index in [2.05, 4.69) is 10.3 Å². The second kappa shape index (κ2) is 8.66. The van der Waals surface area contributed by atoms with E-state index in [-0.39, 0.29) is 28.4 Å². The maximum atomic E-state index is 13.8. The number of hydrogen-bond donors (Lipinski definition) is 1. The fourth-order valence-electron chi connectivity index (χ4n) is 2.66. The monoisotopic (exact) mass is 382 g/mol. The van der Waals surface area contributed by atoms with E-state index in [4.69, 9.17) is 9.47 Å². The van der Waals surface area contributed by atoms with Gasteiger partial charge in [0.25, 0.3) is 5.91 Å². The summed E-state index contributed by atoms with van der Waals surface area (Å²) < 4.78 is 38.8. The number of carbonyl (C=O) groups is 1. The van der Waals surface area contributed by atoms with Crippen molar-refractivity contribution in [3.63, 3.8) is 0 Å². The molecular formula is C18H20F2N2O3S. The van der Waals surface area contributed by atoms with Crippen molar-refractivity contribution in [3.8, 4) is 11.3 Å². The zero-order valence-electron chi connectivity index (χ0n) is 14.3. The molecule has 26 heavy (non-hydrogen) atoms. The fourth-order valence-corrected chi connectivity index (χ4v) is 3.37. The van der Waals surface area contributed by atoms with Crippen LogP contribution < -0.4 is 5.32 Å². The number of rotatable bonds is 6. The number of carbonyl (C=O) groups excluding carboxylic acids is 1. The number of amides is 1. The van der Waals surface area contributed by atoms with Crippen LogP contribution in [0.15, 0.2) is 23.6 Å². The van der Waals surface area contributed by atoms with E-state index in [1.807, 2.05) is 0 Å². The minimum atomic E-state index is -0.697. The largest absolute Gasteiger partial charge is 0.376 e. The van der Waals surface area contributed by atoms with E-state index in [9.17, 15) is 13.6 Å². The van der Waals surface area contributed by atoms with Crippen LogP contribution in [0.5, 0.6) is 0 Å². The molecule has 5 nitrogen and oxygen atoms in total. The van der Waals surface area contributed by atoms with Gasteiger partial charge in [0, 0.05) is 12.0 Å². The summed E-state index contributed by atoms with van der Waals surface area (Å²) >= 11 is 1.10. The Kier molecular flexibility index (Phi) is 6.29. The van der Waals surface area contributed by atoms with Crippen LogP contribution in [0.2, 0.25) is 0 Å². The molecule has 1 aromatic carbocycles. The highest BCUT2D eigenvalue weighted by Crippen LogP contribution is 2.29. The Morgan fingerprint density at radius 2 is 2.19 bits per heavy atom. The van der Waals surface area contributed by atoms with E-state index in [1.165, 1.54) is 23.6 Å². The Labute approximate surface area is 154 Å². The molecule has 0 saturated carbocycles. The van der Waals surface area contributed by atoms with Gasteiger partial charge >= 0.3 is 0 Å². The van der Waals surface area contributed by atoms with Crippen LogP contribution in [0.3, 0.4) is 0 Å². The molecule has 0 radical (unpaired) electrons. The summed E-state index contributed by atoms with van der Waals surface area (Å²) in [6.07, 6.45) is 2.43. The first-order chi connectivity index (χ1) is 12.5. The highest BCUT2D eigenvalue weighted by molar-refractivity contribution is 7.14. The normalized spacial score (nSPS) is 18.5. The average Bonchev–Trinajstić information content (AvgIpc) is 3.08. The lowest BCUT2D eigenvalue weighted by Crippen LogP contribution is -2.32. The standard InChI is InChI=1S/C18H20F2N2O3S/c1-11(25-9-12-5-2-3-8-24-12)17(23)22-18-21-15(10-26-18)16-13(19)6-4-7-14(16)20/h4,6-7,10-12H,2-3,5,8-9H2,1H3,(H,21,22,23). The van der Waals surface area contributed by atoms with Gasteiger partial charge in [0.05, 0.1) is 24.0 Å². The van der Waals surface area contributed by atoms with E-state index in [0.29, 0.717) is 6.61 Å². The molecule has 1 aliphatic rings. The van der Waals surface area contributed by atoms with Crippen molar-refractivity contribution < 1.29 is 23.0 Å². The van der Waals surface area contributed by atoms with Gasteiger partial charge in [-0.05, 0) is 38.3 Å². The molecule has 0 bridgehead atoms. The Hall–Kier alpha value is -1.90. The number of aromatic nitrogens is 1. The summed E-state index contributed by atoms with van der Waals surface area (Å²) in [7, 11) is 0. The third-order valence-electron chi connectivity index (χ3n) is 4.13. The van der Waals surface area contributed by atoms with Gasteiger partial charge < -0.3 is 9.47 Å². The molecule has 8 heteroatoms. The van der Waals surface area contributed by atoms with Crippen molar-refractivity contribution in [2.45, 2.75) is 38.4 Å². The molecule has 1 saturated heterocycles. The number of thiazole rings is 1. The van der Waals surface area contributed by atoms with Gasteiger partial charge in [-0.15, -0.1) is 11.3 Å². The minimum absolute atomic E-state index is 0.0227. The molecule has 2 unspecified atom stereocenters. The number of halogens is 2. The van der Waals surface area contributed by atoms with Crippen LogP contribution >= 0.6 is 11.3 Å². The first kappa shape index (κ1) is 18.9. The van der Waals surface area contributed by atoms with Gasteiger partial charge in [0.2, 0.25) is 0 Å². The highest BCUT2D eigenvalue weighted by Gasteiger charge is 2.20. The third-order valence-corrected chi connectivity index (χ3v) is 4.89. The number of hydrogen-bond acceptors (Lipinski definition) is 5. The lowest BCUT2D eigenvalue weighted by atomic mass is 10.1. The molecule has 3 rings (SSSR count). The molecule has 1 fully saturated rings.